The van der Waals surface area contributed by atoms with Gasteiger partial charge in [-0.05, 0) is 36.8 Å². The summed E-state index contributed by atoms with van der Waals surface area (Å²) in [5, 5.41) is 0. The number of hydrogen-bond acceptors (Lipinski definition) is 5. The van der Waals surface area contributed by atoms with Gasteiger partial charge in [-0.3, -0.25) is 4.90 Å². The molecule has 0 amide bonds. The van der Waals surface area contributed by atoms with Crippen molar-refractivity contribution < 1.29 is 17.6 Å². The van der Waals surface area contributed by atoms with Gasteiger partial charge in [0.05, 0.1) is 19.3 Å². The molecule has 0 unspecified atom stereocenters. The van der Waals surface area contributed by atoms with Gasteiger partial charge in [-0.2, -0.15) is 4.31 Å². The predicted molar refractivity (Wildman–Crippen MR) is 95.9 cm³/mol. The lowest BCUT2D eigenvalue weighted by molar-refractivity contribution is 0.0104. The number of sulfonamides is 1. The first-order valence-corrected chi connectivity index (χ1v) is 10.1. The van der Waals surface area contributed by atoms with E-state index in [0.717, 1.165) is 24.6 Å². The molecular weight excluding hydrogens is 340 g/mol. The van der Waals surface area contributed by atoms with Crippen LogP contribution < -0.4 is 4.74 Å². The molecule has 2 heterocycles. The Morgan fingerprint density at radius 3 is 2.64 bits per heavy atom. The fourth-order valence-electron chi connectivity index (χ4n) is 2.76. The molecule has 6 nitrogen and oxygen atoms in total. The van der Waals surface area contributed by atoms with Crippen LogP contribution >= 0.6 is 0 Å². The van der Waals surface area contributed by atoms with E-state index in [1.54, 1.807) is 7.05 Å². The highest BCUT2D eigenvalue weighted by Crippen LogP contribution is 2.21. The van der Waals surface area contributed by atoms with Crippen LogP contribution in [0.3, 0.4) is 0 Å². The smallest absolute Gasteiger partial charge is 0.211 e. The van der Waals surface area contributed by atoms with Crippen molar-refractivity contribution in [2.24, 2.45) is 0 Å². The largest absolute Gasteiger partial charge is 0.488 e. The summed E-state index contributed by atoms with van der Waals surface area (Å²) >= 11 is 0. The molecule has 0 N–H and O–H groups in total. The van der Waals surface area contributed by atoms with Crippen molar-refractivity contribution in [3.63, 3.8) is 0 Å². The van der Waals surface area contributed by atoms with E-state index in [9.17, 15) is 8.42 Å². The third-order valence-electron chi connectivity index (χ3n) is 4.26. The van der Waals surface area contributed by atoms with Crippen molar-refractivity contribution in [3.05, 3.63) is 53.5 Å². The third-order valence-corrected chi connectivity index (χ3v) is 5.52. The van der Waals surface area contributed by atoms with E-state index in [-0.39, 0.29) is 12.6 Å². The number of hydrogen-bond donors (Lipinski definition) is 0. The fourth-order valence-corrected chi connectivity index (χ4v) is 3.12. The molecule has 0 radical (unpaired) electrons. The normalized spacial score (nSPS) is 16.2. The van der Waals surface area contributed by atoms with Crippen LogP contribution in [0.2, 0.25) is 0 Å². The molecule has 2 aromatic rings. The van der Waals surface area contributed by atoms with Gasteiger partial charge in [0.2, 0.25) is 10.0 Å². The lowest BCUT2D eigenvalue weighted by Crippen LogP contribution is -2.53. The lowest BCUT2D eigenvalue weighted by atomic mass is 10.1. The first-order chi connectivity index (χ1) is 11.8. The summed E-state index contributed by atoms with van der Waals surface area (Å²) < 4.78 is 35.8. The highest BCUT2D eigenvalue weighted by Gasteiger charge is 2.29. The minimum absolute atomic E-state index is 0.201. The van der Waals surface area contributed by atoms with Crippen molar-refractivity contribution >= 4 is 10.0 Å². The summed E-state index contributed by atoms with van der Waals surface area (Å²) in [6, 6.07) is 11.8. The predicted octanol–water partition coefficient (Wildman–Crippen LogP) is 2.24. The number of rotatable bonds is 7. The third kappa shape index (κ3) is 4.84. The molecule has 0 bridgehead atoms. The number of ether oxygens (including phenoxy) is 1. The molecule has 1 aromatic carbocycles. The number of nitrogens with zero attached hydrogens (tertiary/aromatic N) is 2. The monoisotopic (exact) mass is 364 g/mol. The Hall–Kier alpha value is -1.83. The fraction of sp³-hybridized carbons (Fsp3) is 0.444. The summed E-state index contributed by atoms with van der Waals surface area (Å²) in [6.45, 7) is 4.71. The quantitative estimate of drug-likeness (QED) is 0.754. The van der Waals surface area contributed by atoms with Crippen LogP contribution in [0.1, 0.15) is 17.1 Å². The standard InChI is InChI=1S/C18H24N2O4S/c1-14-5-4-6-15(9-14)23-18-12-20(13-18)11-17-8-7-16(24-17)10-19(2)25(3,21)22/h4-9,18H,10-13H2,1-3H3. The maximum atomic E-state index is 11.4. The second-order valence-electron chi connectivity index (χ2n) is 6.64. The first kappa shape index (κ1) is 18.0. The molecule has 1 aromatic heterocycles. The zero-order chi connectivity index (χ0) is 18.0. The van der Waals surface area contributed by atoms with Gasteiger partial charge >= 0.3 is 0 Å². The van der Waals surface area contributed by atoms with Gasteiger partial charge in [-0.25, -0.2) is 8.42 Å². The van der Waals surface area contributed by atoms with Gasteiger partial charge in [0.15, 0.2) is 0 Å². The highest BCUT2D eigenvalue weighted by atomic mass is 32.2. The van der Waals surface area contributed by atoms with Crippen LogP contribution in [0.25, 0.3) is 0 Å². The Labute approximate surface area is 149 Å². The Balaban J connectivity index is 1.46. The Kier molecular flexibility index (Phi) is 5.17. The maximum absolute atomic E-state index is 11.4. The zero-order valence-electron chi connectivity index (χ0n) is 14.8. The topological polar surface area (TPSA) is 63.0 Å². The minimum atomic E-state index is -3.20. The summed E-state index contributed by atoms with van der Waals surface area (Å²) in [6.07, 6.45) is 1.39. The zero-order valence-corrected chi connectivity index (χ0v) is 15.6. The minimum Gasteiger partial charge on any atom is -0.488 e. The number of furan rings is 1. The summed E-state index contributed by atoms with van der Waals surface area (Å²) in [7, 11) is -1.66. The second-order valence-corrected chi connectivity index (χ2v) is 8.73. The Morgan fingerprint density at radius 2 is 1.96 bits per heavy atom. The van der Waals surface area contributed by atoms with Crippen LogP contribution in [0.15, 0.2) is 40.8 Å². The van der Waals surface area contributed by atoms with Gasteiger partial charge in [0.25, 0.3) is 0 Å². The van der Waals surface area contributed by atoms with Gasteiger partial charge < -0.3 is 9.15 Å². The molecule has 25 heavy (non-hydrogen) atoms. The molecule has 0 saturated carbocycles. The van der Waals surface area contributed by atoms with E-state index in [2.05, 4.69) is 17.9 Å². The van der Waals surface area contributed by atoms with E-state index < -0.39 is 10.0 Å². The average Bonchev–Trinajstić information content (AvgIpc) is 2.91. The number of likely N-dealkylation sites (tertiary alicyclic amines) is 1. The van der Waals surface area contributed by atoms with Crippen molar-refractivity contribution in [1.82, 2.24) is 9.21 Å². The maximum Gasteiger partial charge on any atom is 0.211 e. The second kappa shape index (κ2) is 7.19. The highest BCUT2D eigenvalue weighted by molar-refractivity contribution is 7.88. The number of benzene rings is 1. The summed E-state index contributed by atoms with van der Waals surface area (Å²) in [4.78, 5) is 2.24. The SMILES string of the molecule is Cc1cccc(OC2CN(Cc3ccc(CN(C)S(C)(=O)=O)o3)C2)c1. The molecule has 1 saturated heterocycles. The van der Waals surface area contributed by atoms with Crippen molar-refractivity contribution in [2.45, 2.75) is 26.1 Å². The summed E-state index contributed by atoms with van der Waals surface area (Å²) in [5.74, 6) is 2.40. The molecule has 7 heteroatoms. The Bertz CT molecular complexity index is 825. The van der Waals surface area contributed by atoms with Crippen LogP contribution in [0.5, 0.6) is 5.75 Å². The molecule has 0 aliphatic carbocycles. The summed E-state index contributed by atoms with van der Waals surface area (Å²) in [5.41, 5.74) is 1.19. The lowest BCUT2D eigenvalue weighted by Gasteiger charge is -2.38. The van der Waals surface area contributed by atoms with Crippen LogP contribution in [-0.4, -0.2) is 50.1 Å². The molecule has 0 spiro atoms. The van der Waals surface area contributed by atoms with E-state index in [1.165, 1.54) is 16.1 Å². The van der Waals surface area contributed by atoms with Gasteiger partial charge in [0.1, 0.15) is 23.4 Å². The average molecular weight is 364 g/mol. The first-order valence-electron chi connectivity index (χ1n) is 8.24. The van der Waals surface area contributed by atoms with Crippen molar-refractivity contribution in [1.29, 1.82) is 0 Å². The van der Waals surface area contributed by atoms with Crippen LogP contribution in [-0.2, 0) is 23.1 Å². The molecular formula is C18H24N2O4S. The Morgan fingerprint density at radius 1 is 1.24 bits per heavy atom. The molecule has 1 aliphatic rings. The van der Waals surface area contributed by atoms with Crippen molar-refractivity contribution in [3.8, 4) is 5.75 Å². The van der Waals surface area contributed by atoms with Gasteiger partial charge in [-0.15, -0.1) is 0 Å². The van der Waals surface area contributed by atoms with Gasteiger partial charge in [-0.1, -0.05) is 12.1 Å². The number of aryl methyl sites for hydroxylation is 1. The van der Waals surface area contributed by atoms with E-state index >= 15 is 0 Å². The van der Waals surface area contributed by atoms with Crippen molar-refractivity contribution in [2.75, 3.05) is 26.4 Å². The van der Waals surface area contributed by atoms with Gasteiger partial charge in [0, 0.05) is 20.1 Å². The molecule has 1 fully saturated rings. The van der Waals surface area contributed by atoms with E-state index in [0.29, 0.717) is 12.3 Å². The molecule has 3 rings (SSSR count). The van der Waals surface area contributed by atoms with E-state index in [1.807, 2.05) is 30.3 Å². The van der Waals surface area contributed by atoms with Crippen LogP contribution in [0, 0.1) is 6.92 Å². The molecule has 136 valence electrons. The molecule has 1 aliphatic heterocycles. The molecule has 0 atom stereocenters. The van der Waals surface area contributed by atoms with E-state index in [4.69, 9.17) is 9.15 Å². The van der Waals surface area contributed by atoms with Crippen LogP contribution in [0.4, 0.5) is 0 Å².